The second-order valence-corrected chi connectivity index (χ2v) is 7.83. The van der Waals surface area contributed by atoms with Crippen LogP contribution in [0.5, 0.6) is 11.5 Å². The van der Waals surface area contributed by atoms with Crippen LogP contribution in [0.3, 0.4) is 0 Å². The van der Waals surface area contributed by atoms with Crippen molar-refractivity contribution in [2.45, 2.75) is 11.8 Å². The number of carbonyl (C=O) groups excluding carboxylic acids is 2. The summed E-state index contributed by atoms with van der Waals surface area (Å²) in [5.74, 6) is 1.08. The molecule has 31 heavy (non-hydrogen) atoms. The van der Waals surface area contributed by atoms with Gasteiger partial charge in [-0.15, -0.1) is 11.8 Å². The van der Waals surface area contributed by atoms with E-state index in [9.17, 15) is 9.59 Å². The van der Waals surface area contributed by atoms with Crippen molar-refractivity contribution < 1.29 is 19.1 Å². The molecule has 0 saturated carbocycles. The first-order valence-corrected chi connectivity index (χ1v) is 10.6. The summed E-state index contributed by atoms with van der Waals surface area (Å²) < 4.78 is 10.4. The van der Waals surface area contributed by atoms with Gasteiger partial charge in [0.2, 0.25) is 5.91 Å². The van der Waals surface area contributed by atoms with E-state index < -0.39 is 0 Å². The molecule has 160 valence electrons. The summed E-state index contributed by atoms with van der Waals surface area (Å²) in [5, 5.41) is 5.74. The minimum atomic E-state index is -0.174. The zero-order valence-corrected chi connectivity index (χ0v) is 18.4. The predicted molar refractivity (Wildman–Crippen MR) is 124 cm³/mol. The number of hydrogen-bond donors (Lipinski definition) is 2. The van der Waals surface area contributed by atoms with Crippen LogP contribution < -0.4 is 20.1 Å². The molecule has 0 unspecified atom stereocenters. The Labute approximate surface area is 186 Å². The lowest BCUT2D eigenvalue weighted by Gasteiger charge is -2.10. The molecule has 0 fully saturated rings. The second-order valence-electron chi connectivity index (χ2n) is 6.79. The van der Waals surface area contributed by atoms with Gasteiger partial charge in [-0.3, -0.25) is 9.59 Å². The largest absolute Gasteiger partial charge is 0.497 e. The fraction of sp³-hybridized carbons (Fsp3) is 0.167. The summed E-state index contributed by atoms with van der Waals surface area (Å²) in [6, 6.07) is 20.0. The maximum Gasteiger partial charge on any atom is 0.255 e. The van der Waals surface area contributed by atoms with Gasteiger partial charge in [0, 0.05) is 40.0 Å². The fourth-order valence-corrected chi connectivity index (χ4v) is 3.55. The summed E-state index contributed by atoms with van der Waals surface area (Å²) >= 11 is 1.38. The number of aryl methyl sites for hydroxylation is 1. The number of amides is 2. The van der Waals surface area contributed by atoms with Gasteiger partial charge in [0.15, 0.2) is 0 Å². The molecule has 2 amide bonds. The molecule has 0 bridgehead atoms. The third-order valence-corrected chi connectivity index (χ3v) is 5.40. The van der Waals surface area contributed by atoms with E-state index in [-0.39, 0.29) is 17.6 Å². The van der Waals surface area contributed by atoms with Gasteiger partial charge in [-0.2, -0.15) is 0 Å². The Morgan fingerprint density at radius 2 is 1.52 bits per heavy atom. The summed E-state index contributed by atoms with van der Waals surface area (Å²) in [4.78, 5) is 25.7. The van der Waals surface area contributed by atoms with Crippen LogP contribution in [0.15, 0.2) is 71.6 Å². The first-order valence-electron chi connectivity index (χ1n) is 9.60. The van der Waals surface area contributed by atoms with E-state index in [1.165, 1.54) is 11.8 Å². The van der Waals surface area contributed by atoms with E-state index in [1.54, 1.807) is 44.6 Å². The molecular formula is C24H24N2O4S. The van der Waals surface area contributed by atoms with Crippen molar-refractivity contribution in [3.8, 4) is 11.5 Å². The Bertz CT molecular complexity index is 1050. The monoisotopic (exact) mass is 436 g/mol. The molecule has 0 aliphatic carbocycles. The number of benzene rings is 3. The molecule has 0 atom stereocenters. The second kappa shape index (κ2) is 10.5. The molecule has 0 aliphatic rings. The average Bonchev–Trinajstić information content (AvgIpc) is 2.78. The molecule has 0 aliphatic heterocycles. The highest BCUT2D eigenvalue weighted by Crippen LogP contribution is 2.27. The molecule has 7 heteroatoms. The quantitative estimate of drug-likeness (QED) is 0.486. The van der Waals surface area contributed by atoms with Crippen molar-refractivity contribution in [2.24, 2.45) is 0 Å². The molecule has 0 radical (unpaired) electrons. The Kier molecular flexibility index (Phi) is 7.56. The molecule has 0 saturated heterocycles. The van der Waals surface area contributed by atoms with Crippen LogP contribution in [0, 0.1) is 6.92 Å². The van der Waals surface area contributed by atoms with Gasteiger partial charge in [-0.05, 0) is 37.3 Å². The highest BCUT2D eigenvalue weighted by molar-refractivity contribution is 8.00. The summed E-state index contributed by atoms with van der Waals surface area (Å²) in [5.41, 5.74) is 2.96. The van der Waals surface area contributed by atoms with Crippen LogP contribution in [-0.2, 0) is 4.79 Å². The smallest absolute Gasteiger partial charge is 0.255 e. The molecule has 0 aromatic heterocycles. The van der Waals surface area contributed by atoms with Gasteiger partial charge in [0.1, 0.15) is 11.5 Å². The highest BCUT2D eigenvalue weighted by atomic mass is 32.2. The number of anilines is 2. The number of ether oxygens (including phenoxy) is 2. The van der Waals surface area contributed by atoms with Gasteiger partial charge < -0.3 is 20.1 Å². The summed E-state index contributed by atoms with van der Waals surface area (Å²) in [6.07, 6.45) is 0. The van der Waals surface area contributed by atoms with Crippen molar-refractivity contribution in [1.82, 2.24) is 0 Å². The fourth-order valence-electron chi connectivity index (χ4n) is 2.80. The maximum atomic E-state index is 12.4. The van der Waals surface area contributed by atoms with Crippen LogP contribution in [0.25, 0.3) is 0 Å². The first kappa shape index (κ1) is 22.2. The molecule has 6 nitrogen and oxygen atoms in total. The van der Waals surface area contributed by atoms with E-state index in [4.69, 9.17) is 9.47 Å². The van der Waals surface area contributed by atoms with Gasteiger partial charge in [-0.1, -0.05) is 23.8 Å². The lowest BCUT2D eigenvalue weighted by molar-refractivity contribution is -0.113. The van der Waals surface area contributed by atoms with E-state index in [0.717, 1.165) is 10.5 Å². The number of nitrogens with one attached hydrogen (secondary N) is 2. The minimum Gasteiger partial charge on any atom is -0.497 e. The van der Waals surface area contributed by atoms with Gasteiger partial charge >= 0.3 is 0 Å². The van der Waals surface area contributed by atoms with Crippen molar-refractivity contribution >= 4 is 35.0 Å². The van der Waals surface area contributed by atoms with E-state index >= 15 is 0 Å². The minimum absolute atomic E-state index is 0.158. The molecule has 0 heterocycles. The standard InChI is InChI=1S/C24H24N2O4S/c1-16-7-9-17(10-8-16)24(28)26-18-5-4-6-22(13-18)31-15-23(27)25-19-11-20(29-2)14-21(12-19)30-3/h4-14H,15H2,1-3H3,(H,25,27)(H,26,28). The van der Waals surface area contributed by atoms with Crippen LogP contribution in [0.4, 0.5) is 11.4 Å². The SMILES string of the molecule is COc1cc(NC(=O)CSc2cccc(NC(=O)c3ccc(C)cc3)c2)cc(OC)c1. The van der Waals surface area contributed by atoms with Crippen LogP contribution in [0.1, 0.15) is 15.9 Å². The van der Waals surface area contributed by atoms with Crippen LogP contribution in [0.2, 0.25) is 0 Å². The zero-order valence-electron chi connectivity index (χ0n) is 17.6. The molecule has 3 aromatic rings. The van der Waals surface area contributed by atoms with Gasteiger partial charge in [0.05, 0.1) is 20.0 Å². The van der Waals surface area contributed by atoms with E-state index in [2.05, 4.69) is 10.6 Å². The van der Waals surface area contributed by atoms with Crippen molar-refractivity contribution in [1.29, 1.82) is 0 Å². The average molecular weight is 437 g/mol. The normalized spacial score (nSPS) is 10.3. The predicted octanol–water partition coefficient (Wildman–Crippen LogP) is 5.00. The molecule has 3 rings (SSSR count). The van der Waals surface area contributed by atoms with Crippen LogP contribution in [-0.4, -0.2) is 31.8 Å². The van der Waals surface area contributed by atoms with Crippen molar-refractivity contribution in [2.75, 3.05) is 30.6 Å². The lowest BCUT2D eigenvalue weighted by atomic mass is 10.1. The maximum absolute atomic E-state index is 12.4. The van der Waals surface area contributed by atoms with E-state index in [0.29, 0.717) is 28.4 Å². The molecule has 2 N–H and O–H groups in total. The molecule has 0 spiro atoms. The zero-order chi connectivity index (χ0) is 22.2. The number of thioether (sulfide) groups is 1. The van der Waals surface area contributed by atoms with Gasteiger partial charge in [0.25, 0.3) is 5.91 Å². The Hall–Kier alpha value is -3.45. The number of hydrogen-bond acceptors (Lipinski definition) is 5. The number of carbonyl (C=O) groups is 2. The lowest BCUT2D eigenvalue weighted by Crippen LogP contribution is -2.14. The number of methoxy groups -OCH3 is 2. The molecule has 3 aromatic carbocycles. The van der Waals surface area contributed by atoms with Crippen molar-refractivity contribution in [3.05, 3.63) is 77.9 Å². The van der Waals surface area contributed by atoms with Crippen molar-refractivity contribution in [3.63, 3.8) is 0 Å². The first-order chi connectivity index (χ1) is 15.0. The molecular weight excluding hydrogens is 412 g/mol. The van der Waals surface area contributed by atoms with Gasteiger partial charge in [-0.25, -0.2) is 0 Å². The Morgan fingerprint density at radius 3 is 2.16 bits per heavy atom. The highest BCUT2D eigenvalue weighted by Gasteiger charge is 2.09. The van der Waals surface area contributed by atoms with Crippen LogP contribution >= 0.6 is 11.8 Å². The Balaban J connectivity index is 1.58. The topological polar surface area (TPSA) is 76.7 Å². The Morgan fingerprint density at radius 1 is 0.839 bits per heavy atom. The van der Waals surface area contributed by atoms with E-state index in [1.807, 2.05) is 43.3 Å². The third-order valence-electron chi connectivity index (χ3n) is 4.41. The number of rotatable bonds is 8. The summed E-state index contributed by atoms with van der Waals surface area (Å²) in [7, 11) is 3.11. The summed E-state index contributed by atoms with van der Waals surface area (Å²) in [6.45, 7) is 1.98. The third kappa shape index (κ3) is 6.52.